The monoisotopic (exact) mass is 476 g/mol. The summed E-state index contributed by atoms with van der Waals surface area (Å²) >= 11 is 0. The summed E-state index contributed by atoms with van der Waals surface area (Å²) in [7, 11) is 0. The molecule has 1 saturated heterocycles. The van der Waals surface area contributed by atoms with Crippen LogP contribution in [0.2, 0.25) is 0 Å². The predicted octanol–water partition coefficient (Wildman–Crippen LogP) is 5.18. The molecule has 1 fully saturated rings. The molecule has 0 unspecified atom stereocenters. The van der Waals surface area contributed by atoms with Crippen molar-refractivity contribution in [3.63, 3.8) is 0 Å². The third kappa shape index (κ3) is 5.08. The van der Waals surface area contributed by atoms with Crippen LogP contribution in [-0.4, -0.2) is 54.5 Å². The molecule has 4 aromatic heterocycles. The van der Waals surface area contributed by atoms with Crippen molar-refractivity contribution in [3.05, 3.63) is 79.4 Å². The van der Waals surface area contributed by atoms with Gasteiger partial charge in [0.25, 0.3) is 0 Å². The minimum Gasteiger partial charge on any atom is -0.323 e. The maximum atomic E-state index is 4.79. The van der Waals surface area contributed by atoms with Crippen LogP contribution in [0, 0.1) is 0 Å². The average Bonchev–Trinajstić information content (AvgIpc) is 3.62. The Kier molecular flexibility index (Phi) is 6.33. The summed E-state index contributed by atoms with van der Waals surface area (Å²) in [6.45, 7) is 4.54. The van der Waals surface area contributed by atoms with Gasteiger partial charge in [-0.2, -0.15) is 10.2 Å². The number of likely N-dealkylation sites (tertiary alicyclic amines) is 1. The fourth-order valence-electron chi connectivity index (χ4n) is 4.68. The number of pyridine rings is 2. The second kappa shape index (κ2) is 10.2. The molecule has 0 amide bonds. The molecule has 0 bridgehead atoms. The van der Waals surface area contributed by atoms with E-state index in [-0.39, 0.29) is 0 Å². The zero-order chi connectivity index (χ0) is 24.2. The third-order valence-corrected chi connectivity index (χ3v) is 6.58. The summed E-state index contributed by atoms with van der Waals surface area (Å²) < 4.78 is 2.03. The number of rotatable bonds is 8. The van der Waals surface area contributed by atoms with Crippen LogP contribution in [0.1, 0.15) is 19.3 Å². The predicted molar refractivity (Wildman–Crippen MR) is 142 cm³/mol. The Labute approximate surface area is 210 Å². The first-order valence-electron chi connectivity index (χ1n) is 12.5. The molecular formula is C28H28N8. The summed E-state index contributed by atoms with van der Waals surface area (Å²) in [5.41, 5.74) is 5.79. The van der Waals surface area contributed by atoms with Crippen molar-refractivity contribution in [2.45, 2.75) is 25.8 Å². The lowest BCUT2D eigenvalue weighted by Crippen LogP contribution is -2.21. The molecule has 36 heavy (non-hydrogen) atoms. The molecule has 8 nitrogen and oxygen atoms in total. The number of nitrogens with zero attached hydrogens (tertiary/aromatic N) is 7. The van der Waals surface area contributed by atoms with E-state index in [1.165, 1.54) is 25.9 Å². The van der Waals surface area contributed by atoms with E-state index in [9.17, 15) is 0 Å². The van der Waals surface area contributed by atoms with E-state index in [2.05, 4.69) is 54.9 Å². The van der Waals surface area contributed by atoms with Gasteiger partial charge >= 0.3 is 0 Å². The van der Waals surface area contributed by atoms with Crippen LogP contribution in [0.3, 0.4) is 0 Å². The highest BCUT2D eigenvalue weighted by Gasteiger charge is 2.11. The quantitative estimate of drug-likeness (QED) is 0.330. The van der Waals surface area contributed by atoms with E-state index in [1.807, 2.05) is 53.5 Å². The minimum atomic E-state index is 0.641. The van der Waals surface area contributed by atoms with Crippen LogP contribution in [0.4, 0.5) is 11.6 Å². The molecule has 0 aliphatic carbocycles. The first-order valence-corrected chi connectivity index (χ1v) is 12.5. The Morgan fingerprint density at radius 1 is 0.750 bits per heavy atom. The van der Waals surface area contributed by atoms with Gasteiger partial charge in [0, 0.05) is 35.6 Å². The van der Waals surface area contributed by atoms with E-state index >= 15 is 0 Å². The number of fused-ring (bicyclic) bond motifs is 1. The normalized spacial score (nSPS) is 13.9. The summed E-state index contributed by atoms with van der Waals surface area (Å²) in [6, 6.07) is 18.0. The molecular weight excluding hydrogens is 448 g/mol. The lowest BCUT2D eigenvalue weighted by molar-refractivity contribution is 0.322. The lowest BCUT2D eigenvalue weighted by atomic mass is 10.1. The van der Waals surface area contributed by atoms with Crippen LogP contribution in [0.25, 0.3) is 33.3 Å². The van der Waals surface area contributed by atoms with Crippen LogP contribution in [-0.2, 0) is 6.54 Å². The molecule has 0 radical (unpaired) electrons. The molecule has 0 spiro atoms. The zero-order valence-corrected chi connectivity index (χ0v) is 20.1. The van der Waals surface area contributed by atoms with Gasteiger partial charge < -0.3 is 10.2 Å². The molecule has 5 aromatic rings. The van der Waals surface area contributed by atoms with Crippen LogP contribution in [0.5, 0.6) is 0 Å². The molecule has 0 atom stereocenters. The van der Waals surface area contributed by atoms with E-state index in [0.29, 0.717) is 11.6 Å². The highest BCUT2D eigenvalue weighted by molar-refractivity contribution is 5.81. The highest BCUT2D eigenvalue weighted by atomic mass is 15.3. The highest BCUT2D eigenvalue weighted by Crippen LogP contribution is 2.25. The van der Waals surface area contributed by atoms with Crippen LogP contribution >= 0.6 is 0 Å². The second-order valence-electron chi connectivity index (χ2n) is 9.17. The number of benzene rings is 1. The van der Waals surface area contributed by atoms with Crippen molar-refractivity contribution < 1.29 is 0 Å². The Bertz CT molecular complexity index is 1460. The SMILES string of the molecule is c1ccc(-c2cnnc(Nc3ccc4ncc(-c5cnn(CCCN6CCCC6)c5)cc4n3)c2)cc1. The Balaban J connectivity index is 1.17. The van der Waals surface area contributed by atoms with E-state index in [1.54, 1.807) is 6.20 Å². The molecule has 8 heteroatoms. The first-order chi connectivity index (χ1) is 17.8. The Hall–Kier alpha value is -4.17. The molecule has 6 rings (SSSR count). The summed E-state index contributed by atoms with van der Waals surface area (Å²) in [5, 5.41) is 16.2. The van der Waals surface area contributed by atoms with Gasteiger partial charge in [0.1, 0.15) is 5.82 Å². The number of hydrogen-bond donors (Lipinski definition) is 1. The average molecular weight is 477 g/mol. The van der Waals surface area contributed by atoms with Gasteiger partial charge in [-0.05, 0) is 68.7 Å². The maximum Gasteiger partial charge on any atom is 0.154 e. The second-order valence-corrected chi connectivity index (χ2v) is 9.17. The van der Waals surface area contributed by atoms with Crippen LogP contribution in [0.15, 0.2) is 79.4 Å². The molecule has 1 aliphatic heterocycles. The van der Waals surface area contributed by atoms with E-state index in [4.69, 9.17) is 4.98 Å². The third-order valence-electron chi connectivity index (χ3n) is 6.58. The van der Waals surface area contributed by atoms with Crippen molar-refractivity contribution in [3.8, 4) is 22.3 Å². The van der Waals surface area contributed by atoms with E-state index in [0.717, 1.165) is 52.8 Å². The standard InChI is InChI=1S/C28H28N8/c1-2-7-21(8-3-1)23-16-28(34-30-18-23)33-27-10-9-25-26(32-27)15-22(17-29-25)24-19-31-36(20-24)14-6-13-35-11-4-5-12-35/h1-3,7-10,15-20H,4-6,11-14H2,(H,32,33,34). The largest absolute Gasteiger partial charge is 0.323 e. The smallest absolute Gasteiger partial charge is 0.154 e. The number of aromatic nitrogens is 6. The number of hydrogen-bond acceptors (Lipinski definition) is 7. The van der Waals surface area contributed by atoms with Crippen molar-refractivity contribution in [1.29, 1.82) is 0 Å². The molecule has 1 aliphatic rings. The van der Waals surface area contributed by atoms with Gasteiger partial charge in [-0.25, -0.2) is 4.98 Å². The maximum absolute atomic E-state index is 4.79. The zero-order valence-electron chi connectivity index (χ0n) is 20.1. The van der Waals surface area contributed by atoms with Gasteiger partial charge in [-0.15, -0.1) is 5.10 Å². The fourth-order valence-corrected chi connectivity index (χ4v) is 4.68. The molecule has 0 saturated carbocycles. The molecule has 5 heterocycles. The van der Waals surface area contributed by atoms with Crippen molar-refractivity contribution in [2.24, 2.45) is 0 Å². The van der Waals surface area contributed by atoms with Gasteiger partial charge in [0.2, 0.25) is 0 Å². The molecule has 1 aromatic carbocycles. The van der Waals surface area contributed by atoms with Crippen molar-refractivity contribution >= 4 is 22.7 Å². The fraction of sp³-hybridized carbons (Fsp3) is 0.250. The minimum absolute atomic E-state index is 0.641. The number of nitrogens with one attached hydrogen (secondary N) is 1. The topological polar surface area (TPSA) is 84.7 Å². The Morgan fingerprint density at radius 2 is 1.61 bits per heavy atom. The lowest BCUT2D eigenvalue weighted by Gasteiger charge is -2.13. The van der Waals surface area contributed by atoms with Crippen molar-refractivity contribution in [2.75, 3.05) is 25.0 Å². The summed E-state index contributed by atoms with van der Waals surface area (Å²) in [6.07, 6.45) is 11.4. The number of anilines is 2. The summed E-state index contributed by atoms with van der Waals surface area (Å²) in [4.78, 5) is 11.9. The first kappa shape index (κ1) is 22.3. The van der Waals surface area contributed by atoms with Crippen molar-refractivity contribution in [1.82, 2.24) is 34.8 Å². The van der Waals surface area contributed by atoms with Gasteiger partial charge in [-0.1, -0.05) is 30.3 Å². The summed E-state index contributed by atoms with van der Waals surface area (Å²) in [5.74, 6) is 1.33. The molecule has 1 N–H and O–H groups in total. The van der Waals surface area contributed by atoms with Gasteiger partial charge in [0.05, 0.1) is 23.4 Å². The Morgan fingerprint density at radius 3 is 2.50 bits per heavy atom. The van der Waals surface area contributed by atoms with Gasteiger partial charge in [-0.3, -0.25) is 9.67 Å². The van der Waals surface area contributed by atoms with E-state index < -0.39 is 0 Å². The van der Waals surface area contributed by atoms with Crippen LogP contribution < -0.4 is 5.32 Å². The molecule has 180 valence electrons. The van der Waals surface area contributed by atoms with Gasteiger partial charge in [0.15, 0.2) is 5.82 Å². The number of aryl methyl sites for hydroxylation is 1.